The average molecular weight is 192 g/mol. The molecule has 0 N–H and O–H groups in total. The van der Waals surface area contributed by atoms with E-state index in [1.54, 1.807) is 36.7 Å². The van der Waals surface area contributed by atoms with Crippen molar-refractivity contribution in [1.29, 1.82) is 10.5 Å². The van der Waals surface area contributed by atoms with Gasteiger partial charge in [-0.2, -0.15) is 5.26 Å². The van der Waals surface area contributed by atoms with Gasteiger partial charge >= 0.3 is 29.6 Å². The molecule has 0 heterocycles. The predicted octanol–water partition coefficient (Wildman–Crippen LogP) is -1.23. The van der Waals surface area contributed by atoms with E-state index in [0.29, 0.717) is 5.56 Å². The van der Waals surface area contributed by atoms with E-state index in [9.17, 15) is 0 Å². The van der Waals surface area contributed by atoms with Gasteiger partial charge in [0, 0.05) is 12.0 Å². The number of aliphatic imine (C=N–C) groups is 1. The maximum atomic E-state index is 8.32. The molecule has 0 aliphatic rings. The summed E-state index contributed by atoms with van der Waals surface area (Å²) in [5.74, 6) is 0.144. The van der Waals surface area contributed by atoms with Crippen molar-refractivity contribution in [3.05, 3.63) is 41.2 Å². The molecular weight excluding hydrogens is 187 g/mol. The summed E-state index contributed by atoms with van der Waals surface area (Å²) in [6, 6.07) is 8.87. The molecule has 0 aliphatic carbocycles. The van der Waals surface area contributed by atoms with Crippen LogP contribution in [0.15, 0.2) is 35.3 Å². The Balaban J connectivity index is 0.00000169. The second-order valence-corrected chi connectivity index (χ2v) is 2.11. The van der Waals surface area contributed by atoms with Crippen LogP contribution >= 0.6 is 0 Å². The van der Waals surface area contributed by atoms with Crippen LogP contribution in [-0.2, 0) is 0 Å². The molecule has 0 aliphatic heterocycles. The van der Waals surface area contributed by atoms with E-state index in [2.05, 4.69) is 10.3 Å². The number of hydrogen-bond donors (Lipinski definition) is 0. The number of nitrogens with zero attached hydrogens (tertiary/aromatic N) is 4. The third kappa shape index (κ3) is 3.59. The molecule has 0 spiro atoms. The topological polar surface area (TPSA) is 74.0 Å². The fourth-order valence-electron chi connectivity index (χ4n) is 0.836. The Labute approximate surface area is 104 Å². The molecule has 1 aromatic carbocycles. The van der Waals surface area contributed by atoms with Gasteiger partial charge in [0.25, 0.3) is 0 Å². The van der Waals surface area contributed by atoms with Crippen molar-refractivity contribution < 1.29 is 29.6 Å². The summed E-state index contributed by atoms with van der Waals surface area (Å²) in [5, 5.41) is 20.1. The fraction of sp³-hybridized carbons (Fsp3) is 0. The van der Waals surface area contributed by atoms with Gasteiger partial charge in [0.1, 0.15) is 6.19 Å². The molecule has 0 fully saturated rings. The third-order valence-corrected chi connectivity index (χ3v) is 1.34. The molecule has 5 heteroatoms. The van der Waals surface area contributed by atoms with Crippen molar-refractivity contribution in [2.24, 2.45) is 4.99 Å². The van der Waals surface area contributed by atoms with Gasteiger partial charge in [0.2, 0.25) is 0 Å². The largest absolute Gasteiger partial charge is 1.00 e. The summed E-state index contributed by atoms with van der Waals surface area (Å²) < 4.78 is 0. The van der Waals surface area contributed by atoms with Gasteiger partial charge in [-0.25, -0.2) is 0 Å². The van der Waals surface area contributed by atoms with E-state index in [1.807, 2.05) is 6.07 Å². The van der Waals surface area contributed by atoms with Crippen LogP contribution in [0.1, 0.15) is 5.56 Å². The van der Waals surface area contributed by atoms with Crippen molar-refractivity contribution in [3.8, 4) is 12.4 Å². The minimum absolute atomic E-state index is 0. The molecule has 0 radical (unpaired) electrons. The molecular formula is C9H5N4Na. The summed E-state index contributed by atoms with van der Waals surface area (Å²) in [5.41, 5.74) is 0.658. The number of hydrogen-bond acceptors (Lipinski definition) is 3. The maximum absolute atomic E-state index is 8.32. The van der Waals surface area contributed by atoms with Crippen LogP contribution < -0.4 is 29.6 Å². The number of rotatable bonds is 1. The quantitative estimate of drug-likeness (QED) is 0.242. The molecule has 0 aromatic heterocycles. The summed E-state index contributed by atoms with van der Waals surface area (Å²) in [4.78, 5) is 3.42. The second-order valence-electron chi connectivity index (χ2n) is 2.11. The van der Waals surface area contributed by atoms with Crippen molar-refractivity contribution >= 4 is 5.84 Å². The molecule has 1 rings (SSSR count). The van der Waals surface area contributed by atoms with Crippen LogP contribution in [-0.4, -0.2) is 5.84 Å². The fourth-order valence-corrected chi connectivity index (χ4v) is 0.836. The molecule has 0 amide bonds. The average Bonchev–Trinajstić information content (AvgIpc) is 2.19. The summed E-state index contributed by atoms with van der Waals surface area (Å²) in [7, 11) is 0. The van der Waals surface area contributed by atoms with Crippen molar-refractivity contribution in [2.75, 3.05) is 0 Å². The van der Waals surface area contributed by atoms with Gasteiger partial charge in [0.15, 0.2) is 0 Å². The van der Waals surface area contributed by atoms with Crippen molar-refractivity contribution in [3.63, 3.8) is 0 Å². The van der Waals surface area contributed by atoms with E-state index in [1.165, 1.54) is 0 Å². The molecule has 0 saturated carbocycles. The Bertz CT molecular complexity index is 386. The Morgan fingerprint density at radius 2 is 1.86 bits per heavy atom. The molecule has 0 saturated heterocycles. The number of nitriles is 2. The van der Waals surface area contributed by atoms with E-state index < -0.39 is 0 Å². The van der Waals surface area contributed by atoms with Crippen LogP contribution in [0, 0.1) is 22.9 Å². The minimum atomic E-state index is 0. The molecule has 1 aromatic rings. The molecule has 4 nitrogen and oxygen atoms in total. The number of benzene rings is 1. The first-order valence-corrected chi connectivity index (χ1v) is 3.50. The van der Waals surface area contributed by atoms with Gasteiger partial charge in [-0.1, -0.05) is 30.3 Å². The normalized spacial score (nSPS) is 9.14. The predicted molar refractivity (Wildman–Crippen MR) is 47.6 cm³/mol. The molecule has 62 valence electrons. The zero-order valence-electron chi connectivity index (χ0n) is 7.68. The van der Waals surface area contributed by atoms with E-state index in [0.717, 1.165) is 0 Å². The van der Waals surface area contributed by atoms with Gasteiger partial charge in [-0.05, 0) is 5.56 Å². The second kappa shape index (κ2) is 7.11. The Morgan fingerprint density at radius 1 is 1.21 bits per heavy atom. The Morgan fingerprint density at radius 3 is 2.36 bits per heavy atom. The van der Waals surface area contributed by atoms with E-state index in [4.69, 9.17) is 10.5 Å². The van der Waals surface area contributed by atoms with Gasteiger partial charge in [0.05, 0.1) is 0 Å². The van der Waals surface area contributed by atoms with Crippen molar-refractivity contribution in [2.45, 2.75) is 0 Å². The molecule has 14 heavy (non-hydrogen) atoms. The zero-order valence-corrected chi connectivity index (χ0v) is 9.68. The smallest absolute Gasteiger partial charge is 0.386 e. The zero-order chi connectivity index (χ0) is 9.52. The monoisotopic (exact) mass is 192 g/mol. The Kier molecular flexibility index (Phi) is 6.43. The molecule has 0 atom stereocenters. The van der Waals surface area contributed by atoms with Crippen LogP contribution in [0.5, 0.6) is 0 Å². The van der Waals surface area contributed by atoms with Crippen molar-refractivity contribution in [1.82, 2.24) is 0 Å². The first-order valence-electron chi connectivity index (χ1n) is 3.50. The van der Waals surface area contributed by atoms with Crippen LogP contribution in [0.3, 0.4) is 0 Å². The SMILES string of the molecule is N#CN=C([N-]C#N)c1ccccc1.[Na+]. The van der Waals surface area contributed by atoms with E-state index >= 15 is 0 Å². The first kappa shape index (κ1) is 12.7. The summed E-state index contributed by atoms with van der Waals surface area (Å²) in [6.07, 6.45) is 3.19. The minimum Gasteiger partial charge on any atom is -0.386 e. The standard InChI is InChI=1S/C9H5N4.Na/c10-6-12-9(13-7-11)8-4-2-1-3-5-8;/h1-5H;/q-1;+1. The Hall–Kier alpha value is -1.33. The van der Waals surface area contributed by atoms with E-state index in [-0.39, 0.29) is 35.4 Å². The summed E-state index contributed by atoms with van der Waals surface area (Å²) >= 11 is 0. The van der Waals surface area contributed by atoms with Crippen LogP contribution in [0.2, 0.25) is 0 Å². The van der Waals surface area contributed by atoms with Crippen LogP contribution in [0.4, 0.5) is 0 Å². The summed E-state index contributed by atoms with van der Waals surface area (Å²) in [6.45, 7) is 0. The molecule has 0 bridgehead atoms. The molecule has 0 unspecified atom stereocenters. The number of amidine groups is 1. The van der Waals surface area contributed by atoms with Gasteiger partial charge < -0.3 is 10.6 Å². The maximum Gasteiger partial charge on any atom is 1.00 e. The third-order valence-electron chi connectivity index (χ3n) is 1.34. The van der Waals surface area contributed by atoms with Gasteiger partial charge in [-0.15, -0.1) is 0 Å². The first-order chi connectivity index (χ1) is 6.38. The van der Waals surface area contributed by atoms with Gasteiger partial charge in [-0.3, -0.25) is 4.99 Å². The van der Waals surface area contributed by atoms with Crippen LogP contribution in [0.25, 0.3) is 5.32 Å².